The first-order valence-electron chi connectivity index (χ1n) is 5.33. The lowest BCUT2D eigenvalue weighted by molar-refractivity contribution is 0.738. The maximum atomic E-state index is 4.61. The third-order valence-corrected chi connectivity index (χ3v) is 3.60. The number of aliphatic imine (C=N–C) groups is 1. The van der Waals surface area contributed by atoms with E-state index in [-0.39, 0.29) is 0 Å². The molecule has 1 aliphatic heterocycles. The fourth-order valence-electron chi connectivity index (χ4n) is 1.52. The Labute approximate surface area is 95.2 Å². The Morgan fingerprint density at radius 2 is 2.27 bits per heavy atom. The number of anilines is 1. The Morgan fingerprint density at radius 3 is 2.93 bits per heavy atom. The van der Waals surface area contributed by atoms with E-state index in [2.05, 4.69) is 42.4 Å². The van der Waals surface area contributed by atoms with Gasteiger partial charge in [0, 0.05) is 11.4 Å². The van der Waals surface area contributed by atoms with E-state index < -0.39 is 0 Å². The van der Waals surface area contributed by atoms with Gasteiger partial charge in [0.25, 0.3) is 0 Å². The van der Waals surface area contributed by atoms with Gasteiger partial charge in [-0.3, -0.25) is 4.99 Å². The minimum atomic E-state index is 0.501. The number of para-hydroxylation sites is 1. The topological polar surface area (TPSA) is 24.4 Å². The van der Waals surface area contributed by atoms with Gasteiger partial charge in [-0.15, -0.1) is 0 Å². The van der Waals surface area contributed by atoms with Crippen LogP contribution in [0.1, 0.15) is 18.9 Å². The second-order valence-corrected chi connectivity index (χ2v) is 4.76. The molecule has 1 atom stereocenters. The summed E-state index contributed by atoms with van der Waals surface area (Å²) in [6.45, 7) is 4.30. The lowest BCUT2D eigenvalue weighted by Gasteiger charge is -2.07. The molecule has 15 heavy (non-hydrogen) atoms. The zero-order valence-electron chi connectivity index (χ0n) is 9.16. The molecule has 0 radical (unpaired) electrons. The summed E-state index contributed by atoms with van der Waals surface area (Å²) in [5.41, 5.74) is 2.43. The molecule has 0 amide bonds. The van der Waals surface area contributed by atoms with Crippen molar-refractivity contribution in [1.29, 1.82) is 0 Å². The average molecular weight is 220 g/mol. The highest BCUT2D eigenvalue weighted by molar-refractivity contribution is 8.14. The molecular formula is C12H16N2S. The molecule has 0 fully saturated rings. The summed E-state index contributed by atoms with van der Waals surface area (Å²) >= 11 is 1.82. The van der Waals surface area contributed by atoms with Crippen LogP contribution in [-0.2, 0) is 0 Å². The summed E-state index contributed by atoms with van der Waals surface area (Å²) in [5.74, 6) is 1.12. The molecule has 0 unspecified atom stereocenters. The molecule has 1 heterocycles. The standard InChI is InChI=1S/C12H16N2S/c1-3-10-8-15-12(13-10)14-11-7-5-4-6-9(11)2/h4-7,10H,3,8H2,1-2H3,(H,13,14)/t10-/m0/s1. The number of thioether (sulfide) groups is 1. The third kappa shape index (κ3) is 2.53. The molecule has 2 rings (SSSR count). The molecule has 0 spiro atoms. The normalized spacial score (nSPS) is 20.1. The largest absolute Gasteiger partial charge is 0.335 e. The molecule has 3 heteroatoms. The monoisotopic (exact) mass is 220 g/mol. The highest BCUT2D eigenvalue weighted by Crippen LogP contribution is 2.23. The van der Waals surface area contributed by atoms with Crippen LogP contribution in [0, 0.1) is 6.92 Å². The number of aryl methyl sites for hydroxylation is 1. The van der Waals surface area contributed by atoms with Crippen molar-refractivity contribution in [3.05, 3.63) is 29.8 Å². The van der Waals surface area contributed by atoms with Crippen molar-refractivity contribution in [3.63, 3.8) is 0 Å². The quantitative estimate of drug-likeness (QED) is 0.827. The molecule has 2 nitrogen and oxygen atoms in total. The van der Waals surface area contributed by atoms with Gasteiger partial charge in [-0.05, 0) is 25.0 Å². The summed E-state index contributed by atoms with van der Waals surface area (Å²) in [5, 5.41) is 4.45. The molecule has 1 aromatic rings. The summed E-state index contributed by atoms with van der Waals surface area (Å²) in [4.78, 5) is 4.61. The number of hydrogen-bond acceptors (Lipinski definition) is 3. The molecule has 0 aromatic heterocycles. The number of hydrogen-bond donors (Lipinski definition) is 1. The number of benzene rings is 1. The van der Waals surface area contributed by atoms with Gasteiger partial charge in [0.2, 0.25) is 0 Å². The molecule has 0 bridgehead atoms. The Bertz CT molecular complexity index is 374. The lowest BCUT2D eigenvalue weighted by atomic mass is 10.2. The summed E-state index contributed by atoms with van der Waals surface area (Å²) < 4.78 is 0. The van der Waals surface area contributed by atoms with Gasteiger partial charge in [-0.25, -0.2) is 0 Å². The molecular weight excluding hydrogens is 204 g/mol. The predicted octanol–water partition coefficient (Wildman–Crippen LogP) is 3.29. The van der Waals surface area contributed by atoms with E-state index in [1.54, 1.807) is 0 Å². The van der Waals surface area contributed by atoms with Gasteiger partial charge in [0.15, 0.2) is 5.17 Å². The van der Waals surface area contributed by atoms with Gasteiger partial charge < -0.3 is 5.32 Å². The number of nitrogens with one attached hydrogen (secondary N) is 1. The Kier molecular flexibility index (Phi) is 3.31. The van der Waals surface area contributed by atoms with Crippen molar-refractivity contribution in [2.75, 3.05) is 11.1 Å². The molecule has 1 aromatic carbocycles. The van der Waals surface area contributed by atoms with E-state index in [0.717, 1.165) is 17.3 Å². The van der Waals surface area contributed by atoms with Gasteiger partial charge in [0.05, 0.1) is 6.04 Å². The minimum absolute atomic E-state index is 0.501. The number of nitrogens with zero attached hydrogens (tertiary/aromatic N) is 1. The predicted molar refractivity (Wildman–Crippen MR) is 68.8 cm³/mol. The lowest BCUT2D eigenvalue weighted by Crippen LogP contribution is -2.06. The summed E-state index contributed by atoms with van der Waals surface area (Å²) in [6.07, 6.45) is 1.13. The average Bonchev–Trinajstić information content (AvgIpc) is 2.69. The first-order valence-corrected chi connectivity index (χ1v) is 6.31. The van der Waals surface area contributed by atoms with Crippen LogP contribution in [0.15, 0.2) is 29.3 Å². The second kappa shape index (κ2) is 4.71. The number of amidine groups is 1. The van der Waals surface area contributed by atoms with Crippen LogP contribution >= 0.6 is 11.8 Å². The molecule has 1 N–H and O–H groups in total. The van der Waals surface area contributed by atoms with Gasteiger partial charge in [-0.2, -0.15) is 0 Å². The van der Waals surface area contributed by atoms with Crippen molar-refractivity contribution >= 4 is 22.6 Å². The van der Waals surface area contributed by atoms with Crippen LogP contribution < -0.4 is 5.32 Å². The fraction of sp³-hybridized carbons (Fsp3) is 0.417. The van der Waals surface area contributed by atoms with Crippen molar-refractivity contribution in [1.82, 2.24) is 0 Å². The van der Waals surface area contributed by atoms with E-state index >= 15 is 0 Å². The Morgan fingerprint density at radius 1 is 1.47 bits per heavy atom. The van der Waals surface area contributed by atoms with E-state index in [9.17, 15) is 0 Å². The van der Waals surface area contributed by atoms with Crippen molar-refractivity contribution in [2.45, 2.75) is 26.3 Å². The van der Waals surface area contributed by atoms with Crippen LogP contribution in [0.4, 0.5) is 5.69 Å². The summed E-state index contributed by atoms with van der Waals surface area (Å²) in [6, 6.07) is 8.81. The molecule has 0 saturated heterocycles. The first kappa shape index (κ1) is 10.6. The molecule has 1 aliphatic rings. The molecule has 0 saturated carbocycles. The number of rotatable bonds is 2. The zero-order chi connectivity index (χ0) is 10.7. The second-order valence-electron chi connectivity index (χ2n) is 3.75. The zero-order valence-corrected chi connectivity index (χ0v) is 9.97. The van der Waals surface area contributed by atoms with Gasteiger partial charge >= 0.3 is 0 Å². The van der Waals surface area contributed by atoms with Crippen molar-refractivity contribution < 1.29 is 0 Å². The highest BCUT2D eigenvalue weighted by Gasteiger charge is 2.16. The molecule has 0 aliphatic carbocycles. The Hall–Kier alpha value is -0.960. The van der Waals surface area contributed by atoms with Crippen molar-refractivity contribution in [2.24, 2.45) is 4.99 Å². The van der Waals surface area contributed by atoms with Crippen LogP contribution in [0.5, 0.6) is 0 Å². The molecule has 80 valence electrons. The Balaban J connectivity index is 2.07. The van der Waals surface area contributed by atoms with Crippen LogP contribution in [0.2, 0.25) is 0 Å². The summed E-state index contributed by atoms with van der Waals surface area (Å²) in [7, 11) is 0. The maximum Gasteiger partial charge on any atom is 0.161 e. The maximum absolute atomic E-state index is 4.61. The first-order chi connectivity index (χ1) is 7.29. The van der Waals surface area contributed by atoms with Crippen LogP contribution in [0.3, 0.4) is 0 Å². The van der Waals surface area contributed by atoms with E-state index in [0.29, 0.717) is 6.04 Å². The van der Waals surface area contributed by atoms with Gasteiger partial charge in [-0.1, -0.05) is 36.9 Å². The fourth-order valence-corrected chi connectivity index (χ4v) is 2.59. The third-order valence-electron chi connectivity index (χ3n) is 2.57. The van der Waals surface area contributed by atoms with Gasteiger partial charge in [0.1, 0.15) is 0 Å². The van der Waals surface area contributed by atoms with Crippen LogP contribution in [-0.4, -0.2) is 17.0 Å². The van der Waals surface area contributed by atoms with E-state index in [1.165, 1.54) is 11.3 Å². The van der Waals surface area contributed by atoms with Crippen LogP contribution in [0.25, 0.3) is 0 Å². The highest BCUT2D eigenvalue weighted by atomic mass is 32.2. The SMILES string of the molecule is CC[C@H]1CSC(Nc2ccccc2C)=N1. The van der Waals surface area contributed by atoms with Crippen molar-refractivity contribution in [3.8, 4) is 0 Å². The minimum Gasteiger partial charge on any atom is -0.335 e. The van der Waals surface area contributed by atoms with E-state index in [4.69, 9.17) is 0 Å². The smallest absolute Gasteiger partial charge is 0.161 e. The van der Waals surface area contributed by atoms with E-state index in [1.807, 2.05) is 17.8 Å².